The fraction of sp³-hybridized carbons (Fsp3) is 0.208. The van der Waals surface area contributed by atoms with Gasteiger partial charge in [-0.1, -0.05) is 127 Å². The van der Waals surface area contributed by atoms with Crippen LogP contribution in [0, 0.1) is 11.8 Å². The van der Waals surface area contributed by atoms with Gasteiger partial charge in [-0.25, -0.2) is 0 Å². The van der Waals surface area contributed by atoms with Gasteiger partial charge in [0.15, 0.2) is 0 Å². The van der Waals surface area contributed by atoms with E-state index in [1.165, 1.54) is 101 Å². The predicted octanol–water partition coefficient (Wildman–Crippen LogP) is 14.2. The van der Waals surface area contributed by atoms with Crippen molar-refractivity contribution in [1.29, 1.82) is 0 Å². The monoisotopic (exact) mass is 695 g/mol. The third-order valence-electron chi connectivity index (χ3n) is 13.4. The molecule has 1 nitrogen and oxygen atoms in total. The molecule has 6 aromatic carbocycles. The maximum atomic E-state index is 3.98. The zero-order valence-electron chi connectivity index (χ0n) is 30.8. The molecule has 0 radical (unpaired) electrons. The van der Waals surface area contributed by atoms with Crippen LogP contribution in [0.25, 0.3) is 44.5 Å². The Morgan fingerprint density at radius 2 is 1.20 bits per heavy atom. The standard InChI is InChI=1S/C53H45N/c1-3-15-35(16-4-1)38-20-13-21-39(31-38)40-22-14-23-41(32-40)54-42-33-46(36-17-5-2-6-18-36)52-45-26-10-12-28-48(45)53(50(52)34-42)47-27-11-9-25-44(47)51-43-24-8-7-19-37(43)29-30-49(51)53/h1-6,8-9,11,13-18,20-25,27,31-34,37,43,54H,7,10,12,19,26,28-30H2. The van der Waals surface area contributed by atoms with E-state index in [0.717, 1.165) is 18.0 Å². The highest BCUT2D eigenvalue weighted by molar-refractivity contribution is 6.00. The largest absolute Gasteiger partial charge is 0.355 e. The molecule has 0 aromatic heterocycles. The minimum absolute atomic E-state index is 0.186. The van der Waals surface area contributed by atoms with Crippen LogP contribution in [0.4, 0.5) is 11.4 Å². The second-order valence-electron chi connectivity index (χ2n) is 16.1. The summed E-state index contributed by atoms with van der Waals surface area (Å²) in [6.07, 6.45) is 15.0. The molecule has 3 atom stereocenters. The van der Waals surface area contributed by atoms with Gasteiger partial charge in [0, 0.05) is 17.3 Å². The number of nitrogens with one attached hydrogen (secondary N) is 1. The van der Waals surface area contributed by atoms with E-state index in [0.29, 0.717) is 5.92 Å². The molecular weight excluding hydrogens is 651 g/mol. The van der Waals surface area contributed by atoms with Crippen LogP contribution in [-0.4, -0.2) is 0 Å². The summed E-state index contributed by atoms with van der Waals surface area (Å²) in [5, 5.41) is 3.98. The lowest BCUT2D eigenvalue weighted by Gasteiger charge is -2.40. The first-order valence-corrected chi connectivity index (χ1v) is 20.3. The molecule has 3 unspecified atom stereocenters. The Bertz CT molecular complexity index is 2530. The van der Waals surface area contributed by atoms with E-state index in [1.807, 2.05) is 0 Å². The first kappa shape index (κ1) is 31.8. The molecule has 6 aromatic rings. The van der Waals surface area contributed by atoms with Crippen molar-refractivity contribution in [1.82, 2.24) is 0 Å². The molecule has 262 valence electrons. The summed E-state index contributed by atoms with van der Waals surface area (Å²) in [6, 6.07) is 54.4. The van der Waals surface area contributed by atoms with Crippen molar-refractivity contribution >= 4 is 22.5 Å². The zero-order valence-corrected chi connectivity index (χ0v) is 30.8. The van der Waals surface area contributed by atoms with Gasteiger partial charge in [-0.2, -0.15) is 0 Å². The average molecular weight is 696 g/mol. The molecule has 0 heterocycles. The second-order valence-corrected chi connectivity index (χ2v) is 16.1. The maximum absolute atomic E-state index is 3.98. The number of fused-ring (bicyclic) bond motifs is 10. The Morgan fingerprint density at radius 1 is 0.500 bits per heavy atom. The molecule has 1 spiro atoms. The normalized spacial score (nSPS) is 22.1. The Labute approximate surface area is 319 Å². The van der Waals surface area contributed by atoms with Crippen LogP contribution in [0.15, 0.2) is 169 Å². The number of allylic oxidation sites excluding steroid dienone is 6. The summed E-state index contributed by atoms with van der Waals surface area (Å²) in [7, 11) is 0. The topological polar surface area (TPSA) is 12.0 Å². The fourth-order valence-corrected chi connectivity index (χ4v) is 11.2. The first-order valence-electron chi connectivity index (χ1n) is 20.3. The Balaban J connectivity index is 1.10. The lowest BCUT2D eigenvalue weighted by Crippen LogP contribution is -2.32. The summed E-state index contributed by atoms with van der Waals surface area (Å²) >= 11 is 0. The number of anilines is 2. The zero-order chi connectivity index (χ0) is 35.6. The number of benzene rings is 6. The van der Waals surface area contributed by atoms with Gasteiger partial charge >= 0.3 is 0 Å². The van der Waals surface area contributed by atoms with E-state index in [9.17, 15) is 0 Å². The SMILES string of the molecule is C1=CC2C3=C(CCC2CC1)C1(C2=C(CCCC2)c2c(-c4ccccc4)cc(Nc4cccc(-c5cccc(-c6ccccc6)c5)c4)cc21)c1ccccc13. The van der Waals surface area contributed by atoms with Gasteiger partial charge in [0.05, 0.1) is 5.41 Å². The molecule has 1 N–H and O–H groups in total. The molecular formula is C53H45N. The van der Waals surface area contributed by atoms with Crippen molar-refractivity contribution in [2.24, 2.45) is 11.8 Å². The molecule has 11 rings (SSSR count). The van der Waals surface area contributed by atoms with E-state index >= 15 is 0 Å². The summed E-state index contributed by atoms with van der Waals surface area (Å²) in [4.78, 5) is 0. The van der Waals surface area contributed by atoms with Crippen LogP contribution in [0.2, 0.25) is 0 Å². The molecule has 0 bridgehead atoms. The smallest absolute Gasteiger partial charge is 0.0646 e. The third-order valence-corrected chi connectivity index (χ3v) is 13.4. The molecule has 0 fully saturated rings. The molecule has 54 heavy (non-hydrogen) atoms. The van der Waals surface area contributed by atoms with Crippen molar-refractivity contribution in [2.75, 3.05) is 5.32 Å². The van der Waals surface area contributed by atoms with Crippen LogP contribution >= 0.6 is 0 Å². The molecule has 0 aliphatic heterocycles. The van der Waals surface area contributed by atoms with Crippen molar-refractivity contribution in [3.05, 3.63) is 191 Å². The van der Waals surface area contributed by atoms with Crippen molar-refractivity contribution < 1.29 is 0 Å². The maximum Gasteiger partial charge on any atom is 0.0646 e. The van der Waals surface area contributed by atoms with Gasteiger partial charge in [0.2, 0.25) is 0 Å². The summed E-state index contributed by atoms with van der Waals surface area (Å²) in [6.45, 7) is 0. The Morgan fingerprint density at radius 3 is 2.06 bits per heavy atom. The predicted molar refractivity (Wildman–Crippen MR) is 227 cm³/mol. The minimum atomic E-state index is -0.186. The van der Waals surface area contributed by atoms with E-state index in [2.05, 4.69) is 163 Å². The molecule has 0 amide bonds. The first-order chi connectivity index (χ1) is 26.8. The summed E-state index contributed by atoms with van der Waals surface area (Å²) < 4.78 is 0. The van der Waals surface area contributed by atoms with Crippen LogP contribution in [0.3, 0.4) is 0 Å². The van der Waals surface area contributed by atoms with Crippen molar-refractivity contribution in [3.8, 4) is 33.4 Å². The van der Waals surface area contributed by atoms with Crippen LogP contribution < -0.4 is 5.32 Å². The Hall–Kier alpha value is -5.66. The van der Waals surface area contributed by atoms with Crippen LogP contribution in [0.1, 0.15) is 73.6 Å². The molecule has 0 saturated heterocycles. The fourth-order valence-electron chi connectivity index (χ4n) is 11.2. The molecule has 5 aliphatic rings. The van der Waals surface area contributed by atoms with Gasteiger partial charge < -0.3 is 5.32 Å². The lowest BCUT2D eigenvalue weighted by atomic mass is 9.62. The van der Waals surface area contributed by atoms with Crippen molar-refractivity contribution in [2.45, 2.75) is 56.8 Å². The van der Waals surface area contributed by atoms with Gasteiger partial charge in [-0.3, -0.25) is 0 Å². The van der Waals surface area contributed by atoms with E-state index in [-0.39, 0.29) is 5.41 Å². The molecule has 0 saturated carbocycles. The van der Waals surface area contributed by atoms with E-state index in [1.54, 1.807) is 27.9 Å². The third kappa shape index (κ3) is 4.84. The number of rotatable bonds is 5. The molecule has 5 aliphatic carbocycles. The van der Waals surface area contributed by atoms with Crippen LogP contribution in [-0.2, 0) is 5.41 Å². The van der Waals surface area contributed by atoms with E-state index < -0.39 is 0 Å². The molecule has 1 heteroatoms. The second kappa shape index (κ2) is 12.7. The van der Waals surface area contributed by atoms with Gasteiger partial charge in [0.25, 0.3) is 0 Å². The minimum Gasteiger partial charge on any atom is -0.355 e. The number of hydrogen-bond donors (Lipinski definition) is 1. The summed E-state index contributed by atoms with van der Waals surface area (Å²) in [5.41, 5.74) is 22.5. The highest BCUT2D eigenvalue weighted by Gasteiger charge is 2.56. The van der Waals surface area contributed by atoms with Crippen molar-refractivity contribution in [3.63, 3.8) is 0 Å². The quantitative estimate of drug-likeness (QED) is 0.177. The van der Waals surface area contributed by atoms with Crippen LogP contribution in [0.5, 0.6) is 0 Å². The van der Waals surface area contributed by atoms with E-state index in [4.69, 9.17) is 0 Å². The highest BCUT2D eigenvalue weighted by Crippen LogP contribution is 2.68. The average Bonchev–Trinajstić information content (AvgIpc) is 3.72. The summed E-state index contributed by atoms with van der Waals surface area (Å²) in [5.74, 6) is 1.28. The number of hydrogen-bond acceptors (Lipinski definition) is 1. The van der Waals surface area contributed by atoms with Gasteiger partial charge in [-0.15, -0.1) is 0 Å². The highest BCUT2D eigenvalue weighted by atomic mass is 14.9. The lowest BCUT2D eigenvalue weighted by molar-refractivity contribution is 0.366. The Kier molecular flexibility index (Phi) is 7.51. The van der Waals surface area contributed by atoms with Gasteiger partial charge in [-0.05, 0) is 166 Å². The van der Waals surface area contributed by atoms with Gasteiger partial charge in [0.1, 0.15) is 0 Å².